The van der Waals surface area contributed by atoms with E-state index in [1.54, 1.807) is 25.2 Å². The maximum Gasteiger partial charge on any atom is 0.272 e. The van der Waals surface area contributed by atoms with E-state index >= 15 is 0 Å². The number of amides is 3. The van der Waals surface area contributed by atoms with E-state index in [-0.39, 0.29) is 46.6 Å². The lowest BCUT2D eigenvalue weighted by Crippen LogP contribution is -2.60. The Balaban J connectivity index is 1.45. The van der Waals surface area contributed by atoms with Crippen molar-refractivity contribution in [1.29, 1.82) is 0 Å². The number of para-hydroxylation sites is 1. The fraction of sp³-hybridized carbons (Fsp3) is 0.314. The molecule has 16 nitrogen and oxygen atoms in total. The van der Waals surface area contributed by atoms with Gasteiger partial charge in [0.25, 0.3) is 17.7 Å². The third-order valence-electron chi connectivity index (χ3n) is 9.29. The molecule has 10 N–H and O–H groups in total. The lowest BCUT2D eigenvalue weighted by Gasteiger charge is -2.50. The molecule has 1 atom stereocenters. The number of nitrogens with one attached hydrogen (secondary N) is 4. The van der Waals surface area contributed by atoms with Gasteiger partial charge in [0.2, 0.25) is 0 Å². The van der Waals surface area contributed by atoms with E-state index in [1.807, 2.05) is 41.0 Å². The van der Waals surface area contributed by atoms with Crippen molar-refractivity contribution in [2.45, 2.75) is 30.8 Å². The number of aromatic nitrogens is 3. The van der Waals surface area contributed by atoms with Gasteiger partial charge in [-0.2, -0.15) is 5.10 Å². The summed E-state index contributed by atoms with van der Waals surface area (Å²) in [5.74, 6) is -1.65. The summed E-state index contributed by atoms with van der Waals surface area (Å²) in [4.78, 5) is 49.7. The molecule has 0 bridgehead atoms. The Morgan fingerprint density at radius 1 is 1.04 bits per heavy atom. The van der Waals surface area contributed by atoms with Gasteiger partial charge in [-0.05, 0) is 36.0 Å². The molecule has 1 aromatic carbocycles. The summed E-state index contributed by atoms with van der Waals surface area (Å²) in [6.07, 6.45) is 6.66. The Kier molecular flexibility index (Phi) is 11.3. The standard InChI is InChI=1S/C35H43B2N13O3/c1-6-26-31-21(16-44-50(31)19-17-49(18-19)35(36,37)27-12-8-11-24(46-27)33(52)42-3)20-9-7-10-23(30(20)48(26)5)45-25(29(40)34(53)43-4)15-28(39)47-32(51)22(38)13-14-41-2/h7-16,19,26,45H,6,17-18,38-40H2,1-5H3,(H,42,52)(H,43,53)(H,47,51)/b22-13-,28-15+,29-25+,41-14?. The van der Waals surface area contributed by atoms with Gasteiger partial charge in [0.15, 0.2) is 0 Å². The number of anilines is 2. The second-order valence-corrected chi connectivity index (χ2v) is 12.6. The molecule has 272 valence electrons. The van der Waals surface area contributed by atoms with Crippen molar-refractivity contribution in [2.75, 3.05) is 51.5 Å². The summed E-state index contributed by atoms with van der Waals surface area (Å²) in [6.45, 7) is 3.11. The van der Waals surface area contributed by atoms with Gasteiger partial charge < -0.3 is 48.3 Å². The SMILES string of the molecule is [B]C([B])(c1cccc(C(=O)NC)n1)N1CC(n2ncc3c2C(CC)N(C)c2c(NC(/C=C(\N)NC(=O)/C(N)=C/C=NC)=C(/N)C(=O)NC)cccc2-3)C1. The molecule has 18 heteroatoms. The summed E-state index contributed by atoms with van der Waals surface area (Å²) in [5.41, 5.74) is 23.1. The molecule has 4 heterocycles. The molecule has 0 saturated carbocycles. The molecular formula is C35H43B2N13O3. The molecule has 1 unspecified atom stereocenters. The minimum Gasteiger partial charge on any atom is -0.394 e. The van der Waals surface area contributed by atoms with E-state index in [2.05, 4.69) is 43.1 Å². The first-order valence-corrected chi connectivity index (χ1v) is 16.9. The second kappa shape index (κ2) is 15.7. The number of nitrogens with zero attached hydrogens (tertiary/aromatic N) is 6. The molecule has 0 spiro atoms. The van der Waals surface area contributed by atoms with Crippen LogP contribution in [0.1, 0.15) is 47.3 Å². The van der Waals surface area contributed by atoms with Crippen LogP contribution in [0.15, 0.2) is 82.7 Å². The van der Waals surface area contributed by atoms with Crippen LogP contribution in [0.5, 0.6) is 0 Å². The van der Waals surface area contributed by atoms with E-state index in [0.29, 0.717) is 24.5 Å². The van der Waals surface area contributed by atoms with E-state index in [9.17, 15) is 14.4 Å². The number of fused-ring (bicyclic) bond motifs is 3. The molecule has 2 aliphatic rings. The van der Waals surface area contributed by atoms with Crippen molar-refractivity contribution in [3.63, 3.8) is 0 Å². The maximum atomic E-state index is 12.7. The van der Waals surface area contributed by atoms with E-state index in [0.717, 1.165) is 28.9 Å². The highest BCUT2D eigenvalue weighted by molar-refractivity contribution is 6.39. The van der Waals surface area contributed by atoms with Crippen LogP contribution in [0.3, 0.4) is 0 Å². The number of hydrogen-bond donors (Lipinski definition) is 7. The average molecular weight is 715 g/mol. The number of pyridine rings is 1. The Bertz CT molecular complexity index is 2030. The lowest BCUT2D eigenvalue weighted by molar-refractivity contribution is -0.117. The summed E-state index contributed by atoms with van der Waals surface area (Å²) >= 11 is 0. The predicted octanol–water partition coefficient (Wildman–Crippen LogP) is -0.00250. The van der Waals surface area contributed by atoms with Crippen LogP contribution >= 0.6 is 0 Å². The van der Waals surface area contributed by atoms with Crippen molar-refractivity contribution in [3.05, 3.63) is 94.7 Å². The first kappa shape index (κ1) is 38.2. The number of likely N-dealkylation sites (tertiary alicyclic amines) is 1. The highest BCUT2D eigenvalue weighted by Crippen LogP contribution is 2.50. The van der Waals surface area contributed by atoms with E-state index < -0.39 is 17.2 Å². The van der Waals surface area contributed by atoms with E-state index in [4.69, 9.17) is 38.0 Å². The van der Waals surface area contributed by atoms with E-state index in [1.165, 1.54) is 32.5 Å². The number of hydrogen-bond acceptors (Lipinski definition) is 12. The molecule has 3 amide bonds. The van der Waals surface area contributed by atoms with Crippen molar-refractivity contribution >= 4 is 51.0 Å². The van der Waals surface area contributed by atoms with Crippen molar-refractivity contribution in [3.8, 4) is 11.1 Å². The van der Waals surface area contributed by atoms with Crippen LogP contribution in [0, 0.1) is 0 Å². The molecule has 3 aromatic rings. The van der Waals surface area contributed by atoms with Crippen molar-refractivity contribution < 1.29 is 14.4 Å². The number of allylic oxidation sites excluding steroid dienone is 2. The average Bonchev–Trinajstić information content (AvgIpc) is 3.56. The monoisotopic (exact) mass is 715 g/mol. The van der Waals surface area contributed by atoms with Gasteiger partial charge in [-0.25, -0.2) is 4.98 Å². The van der Waals surface area contributed by atoms with Crippen LogP contribution in [-0.4, -0.2) is 101 Å². The molecule has 5 rings (SSSR count). The molecular weight excluding hydrogens is 672 g/mol. The molecule has 1 saturated heterocycles. The maximum absolute atomic E-state index is 12.7. The van der Waals surface area contributed by atoms with Gasteiger partial charge in [-0.15, -0.1) is 0 Å². The number of likely N-dealkylation sites (N-methyl/N-ethyl adjacent to an activating group) is 1. The molecule has 4 radical (unpaired) electrons. The fourth-order valence-corrected chi connectivity index (χ4v) is 6.45. The predicted molar refractivity (Wildman–Crippen MR) is 207 cm³/mol. The van der Waals surface area contributed by atoms with Gasteiger partial charge in [0.1, 0.15) is 17.2 Å². The lowest BCUT2D eigenvalue weighted by atomic mass is 9.57. The number of nitrogens with two attached hydrogens (primary N) is 3. The molecule has 2 aliphatic heterocycles. The van der Waals surface area contributed by atoms with Crippen LogP contribution in [-0.2, 0) is 14.9 Å². The molecule has 2 aromatic heterocycles. The number of benzene rings is 1. The number of rotatable bonds is 12. The van der Waals surface area contributed by atoms with Gasteiger partial charge in [-0.3, -0.25) is 24.1 Å². The Morgan fingerprint density at radius 2 is 1.75 bits per heavy atom. The van der Waals surface area contributed by atoms with Crippen LogP contribution < -0.4 is 43.4 Å². The summed E-state index contributed by atoms with van der Waals surface area (Å²) in [6, 6.07) is 10.7. The third kappa shape index (κ3) is 7.48. The summed E-state index contributed by atoms with van der Waals surface area (Å²) in [5, 5.41) is 14.3. The minimum absolute atomic E-state index is 0.0268. The highest BCUT2D eigenvalue weighted by atomic mass is 16.2. The first-order valence-electron chi connectivity index (χ1n) is 16.9. The molecule has 0 aliphatic carbocycles. The zero-order valence-corrected chi connectivity index (χ0v) is 30.3. The Labute approximate surface area is 310 Å². The Hall–Kier alpha value is -6.03. The van der Waals surface area contributed by atoms with Gasteiger partial charge in [0, 0.05) is 70.4 Å². The molecule has 1 fully saturated rings. The van der Waals surface area contributed by atoms with Crippen LogP contribution in [0.2, 0.25) is 0 Å². The van der Waals surface area contributed by atoms with Gasteiger partial charge >= 0.3 is 0 Å². The normalized spacial score (nSPS) is 17.0. The highest BCUT2D eigenvalue weighted by Gasteiger charge is 2.42. The number of carbonyl (C=O) groups excluding carboxylic acids is 3. The number of carbonyl (C=O) groups is 3. The number of aliphatic imine (C=N–C) groups is 1. The minimum atomic E-state index is -1.41. The smallest absolute Gasteiger partial charge is 0.272 e. The second-order valence-electron chi connectivity index (χ2n) is 12.6. The van der Waals surface area contributed by atoms with Crippen LogP contribution in [0.4, 0.5) is 11.4 Å². The topological polar surface area (TPSA) is 227 Å². The first-order chi connectivity index (χ1) is 25.3. The summed E-state index contributed by atoms with van der Waals surface area (Å²) < 4.78 is 2.04. The summed E-state index contributed by atoms with van der Waals surface area (Å²) in [7, 11) is 19.8. The zero-order valence-electron chi connectivity index (χ0n) is 30.3. The third-order valence-corrected chi connectivity index (χ3v) is 9.29. The van der Waals surface area contributed by atoms with Crippen LogP contribution in [0.25, 0.3) is 11.1 Å². The van der Waals surface area contributed by atoms with Crippen molar-refractivity contribution in [1.82, 2.24) is 35.6 Å². The van der Waals surface area contributed by atoms with Gasteiger partial charge in [0.05, 0.1) is 62.4 Å². The largest absolute Gasteiger partial charge is 0.394 e. The zero-order chi connectivity index (χ0) is 38.6. The fourth-order valence-electron chi connectivity index (χ4n) is 6.45. The Morgan fingerprint density at radius 3 is 2.42 bits per heavy atom. The van der Waals surface area contributed by atoms with Crippen molar-refractivity contribution in [2.24, 2.45) is 22.2 Å². The molecule has 53 heavy (non-hydrogen) atoms. The quantitative estimate of drug-likeness (QED) is 0.0572. The van der Waals surface area contributed by atoms with Gasteiger partial charge in [-0.1, -0.05) is 25.1 Å².